The number of fused-ring (bicyclic) bond motifs is 1. The highest BCUT2D eigenvalue weighted by Gasteiger charge is 2.58. The summed E-state index contributed by atoms with van der Waals surface area (Å²) in [7, 11) is 0. The van der Waals surface area contributed by atoms with Crippen LogP contribution in [-0.2, 0) is 10.9 Å². The number of nitrogens with two attached hydrogens (primary N) is 1. The lowest BCUT2D eigenvalue weighted by Gasteiger charge is -2.39. The van der Waals surface area contributed by atoms with Gasteiger partial charge in [-0.15, -0.1) is 12.4 Å². The van der Waals surface area contributed by atoms with E-state index in [1.165, 1.54) is 36.8 Å². The van der Waals surface area contributed by atoms with Crippen molar-refractivity contribution in [3.8, 4) is 0 Å². The van der Waals surface area contributed by atoms with E-state index in [0.717, 1.165) is 0 Å². The number of hydrogen-bond acceptors (Lipinski definition) is 1. The first-order valence-corrected chi connectivity index (χ1v) is 6.01. The second kappa shape index (κ2) is 3.47. The lowest BCUT2D eigenvalue weighted by atomic mass is 9.77. The van der Waals surface area contributed by atoms with Crippen molar-refractivity contribution in [2.45, 2.75) is 30.1 Å². The second-order valence-electron chi connectivity index (χ2n) is 4.65. The summed E-state index contributed by atoms with van der Waals surface area (Å²) in [5.74, 6) is 0. The lowest BCUT2D eigenvalue weighted by Crippen LogP contribution is -2.43. The number of aryl methyl sites for hydroxylation is 1. The molecule has 1 atom stereocenters. The summed E-state index contributed by atoms with van der Waals surface area (Å²) in [6.45, 7) is 0. The van der Waals surface area contributed by atoms with Gasteiger partial charge < -0.3 is 5.73 Å². The maximum Gasteiger partial charge on any atom is 0.103 e. The molecule has 1 spiro atoms. The Morgan fingerprint density at radius 1 is 1.13 bits per heavy atom. The zero-order valence-electron chi connectivity index (χ0n) is 8.50. The van der Waals surface area contributed by atoms with Gasteiger partial charge in [-0.05, 0) is 36.8 Å². The molecule has 0 aliphatic heterocycles. The maximum atomic E-state index is 6.45. The first kappa shape index (κ1) is 11.4. The van der Waals surface area contributed by atoms with Gasteiger partial charge in [-0.1, -0.05) is 40.2 Å². The van der Waals surface area contributed by atoms with Crippen LogP contribution in [-0.4, -0.2) is 0 Å². The Bertz CT molecular complexity index is 385. The highest BCUT2D eigenvalue weighted by molar-refractivity contribution is 9.09. The van der Waals surface area contributed by atoms with Gasteiger partial charge in [-0.25, -0.2) is 0 Å². The fraction of sp³-hybridized carbons (Fsp3) is 0.500. The van der Waals surface area contributed by atoms with E-state index in [1.807, 2.05) is 0 Å². The Kier molecular flexibility index (Phi) is 2.65. The number of halogens is 2. The van der Waals surface area contributed by atoms with Crippen LogP contribution < -0.4 is 5.73 Å². The summed E-state index contributed by atoms with van der Waals surface area (Å²) >= 11 is 3.75. The van der Waals surface area contributed by atoms with Crippen molar-refractivity contribution in [3.63, 3.8) is 0 Å². The summed E-state index contributed by atoms with van der Waals surface area (Å²) in [5, 5.41) is 0. The van der Waals surface area contributed by atoms with Gasteiger partial charge in [0.15, 0.2) is 0 Å². The fourth-order valence-corrected chi connectivity index (χ4v) is 3.68. The molecular weight excluding hydrogens is 273 g/mol. The van der Waals surface area contributed by atoms with Gasteiger partial charge in [-0.2, -0.15) is 0 Å². The predicted octanol–water partition coefficient (Wildman–Crippen LogP) is 3.34. The van der Waals surface area contributed by atoms with Crippen LogP contribution in [0.15, 0.2) is 24.3 Å². The maximum absolute atomic E-state index is 6.45. The quantitative estimate of drug-likeness (QED) is 0.575. The molecule has 82 valence electrons. The van der Waals surface area contributed by atoms with E-state index < -0.39 is 0 Å². The van der Waals surface area contributed by atoms with Crippen molar-refractivity contribution in [1.29, 1.82) is 0 Å². The highest BCUT2D eigenvalue weighted by atomic mass is 79.9. The van der Waals surface area contributed by atoms with Crippen LogP contribution >= 0.6 is 28.3 Å². The Morgan fingerprint density at radius 3 is 2.47 bits per heavy atom. The van der Waals surface area contributed by atoms with Gasteiger partial charge in [0, 0.05) is 5.41 Å². The van der Waals surface area contributed by atoms with Crippen LogP contribution in [0.3, 0.4) is 0 Å². The molecule has 1 unspecified atom stereocenters. The molecule has 0 amide bonds. The van der Waals surface area contributed by atoms with Crippen LogP contribution in [0, 0.1) is 5.41 Å². The van der Waals surface area contributed by atoms with Gasteiger partial charge in [0.2, 0.25) is 0 Å². The third-order valence-electron chi connectivity index (χ3n) is 3.91. The van der Waals surface area contributed by atoms with E-state index in [9.17, 15) is 0 Å². The number of hydrogen-bond donors (Lipinski definition) is 1. The normalized spacial score (nSPS) is 30.5. The van der Waals surface area contributed by atoms with Gasteiger partial charge in [0.05, 0.1) is 0 Å². The average molecular weight is 289 g/mol. The Labute approximate surface area is 105 Å². The van der Waals surface area contributed by atoms with Crippen molar-refractivity contribution < 1.29 is 0 Å². The van der Waals surface area contributed by atoms with Gasteiger partial charge in [-0.3, -0.25) is 0 Å². The van der Waals surface area contributed by atoms with Crippen molar-refractivity contribution >= 4 is 28.3 Å². The minimum Gasteiger partial charge on any atom is -0.312 e. The summed E-state index contributed by atoms with van der Waals surface area (Å²) in [6, 6.07) is 8.56. The zero-order chi connectivity index (χ0) is 9.81. The van der Waals surface area contributed by atoms with Crippen LogP contribution in [0.25, 0.3) is 0 Å². The number of benzene rings is 1. The van der Waals surface area contributed by atoms with E-state index in [0.29, 0.717) is 5.41 Å². The Morgan fingerprint density at radius 2 is 1.80 bits per heavy atom. The van der Waals surface area contributed by atoms with E-state index in [4.69, 9.17) is 5.73 Å². The third kappa shape index (κ3) is 1.46. The topological polar surface area (TPSA) is 26.0 Å². The highest BCUT2D eigenvalue weighted by Crippen LogP contribution is 2.65. The molecule has 0 bridgehead atoms. The van der Waals surface area contributed by atoms with Crippen molar-refractivity contribution in [3.05, 3.63) is 35.4 Å². The van der Waals surface area contributed by atoms with Crippen LogP contribution in [0.1, 0.15) is 30.4 Å². The molecule has 2 N–H and O–H groups in total. The molecule has 1 fully saturated rings. The smallest absolute Gasteiger partial charge is 0.103 e. The zero-order valence-corrected chi connectivity index (χ0v) is 10.9. The Balaban J connectivity index is 0.000000853. The average Bonchev–Trinajstić information content (AvgIpc) is 2.95. The second-order valence-corrected chi connectivity index (χ2v) is 5.90. The lowest BCUT2D eigenvalue weighted by molar-refractivity contribution is 0.326. The minimum atomic E-state index is -0.269. The first-order valence-electron chi connectivity index (χ1n) is 5.22. The molecule has 0 aromatic heterocycles. The molecule has 0 saturated heterocycles. The van der Waals surface area contributed by atoms with Crippen LogP contribution in [0.2, 0.25) is 0 Å². The summed E-state index contributed by atoms with van der Waals surface area (Å²) in [5.41, 5.74) is 9.54. The summed E-state index contributed by atoms with van der Waals surface area (Å²) in [4.78, 5) is 0. The largest absolute Gasteiger partial charge is 0.312 e. The third-order valence-corrected chi connectivity index (χ3v) is 5.18. The van der Waals surface area contributed by atoms with Gasteiger partial charge in [0.1, 0.15) is 4.45 Å². The van der Waals surface area contributed by atoms with Gasteiger partial charge >= 0.3 is 0 Å². The molecule has 1 aromatic rings. The molecule has 1 aromatic carbocycles. The van der Waals surface area contributed by atoms with E-state index in [1.54, 1.807) is 0 Å². The molecule has 15 heavy (non-hydrogen) atoms. The van der Waals surface area contributed by atoms with E-state index in [2.05, 4.69) is 40.2 Å². The van der Waals surface area contributed by atoms with Gasteiger partial charge in [0.25, 0.3) is 0 Å². The van der Waals surface area contributed by atoms with Crippen molar-refractivity contribution in [1.82, 2.24) is 0 Å². The summed E-state index contributed by atoms with van der Waals surface area (Å²) < 4.78 is -0.269. The van der Waals surface area contributed by atoms with E-state index in [-0.39, 0.29) is 16.9 Å². The monoisotopic (exact) mass is 287 g/mol. The van der Waals surface area contributed by atoms with Crippen molar-refractivity contribution in [2.75, 3.05) is 0 Å². The first-order chi connectivity index (χ1) is 6.66. The SMILES string of the molecule is Cl.NC1(Br)c2ccccc2CCC12CC2. The van der Waals surface area contributed by atoms with Crippen LogP contribution in [0.5, 0.6) is 0 Å². The van der Waals surface area contributed by atoms with Crippen molar-refractivity contribution in [2.24, 2.45) is 11.1 Å². The number of alkyl halides is 1. The molecular formula is C12H15BrClN. The molecule has 2 aliphatic rings. The Hall–Kier alpha value is -0.0500. The molecule has 1 saturated carbocycles. The predicted molar refractivity (Wildman–Crippen MR) is 68.5 cm³/mol. The number of rotatable bonds is 0. The molecule has 0 radical (unpaired) electrons. The molecule has 3 heteroatoms. The molecule has 0 heterocycles. The molecule has 2 aliphatic carbocycles. The summed E-state index contributed by atoms with van der Waals surface area (Å²) in [6.07, 6.45) is 5.00. The van der Waals surface area contributed by atoms with Crippen LogP contribution in [0.4, 0.5) is 0 Å². The molecule has 3 rings (SSSR count). The minimum absolute atomic E-state index is 0. The standard InChI is InChI=1S/C12H14BrN.ClH/c13-12(14)10-4-2-1-3-9(10)5-6-11(12)7-8-11;/h1-4H,5-8,14H2;1H. The van der Waals surface area contributed by atoms with E-state index >= 15 is 0 Å². The fourth-order valence-electron chi connectivity index (χ4n) is 2.70. The molecule has 1 nitrogen and oxygen atoms in total.